The van der Waals surface area contributed by atoms with Crippen molar-refractivity contribution in [1.82, 2.24) is 0 Å². The van der Waals surface area contributed by atoms with Crippen molar-refractivity contribution >= 4 is 30.9 Å². The maximum absolute atomic E-state index is 11.2. The summed E-state index contributed by atoms with van der Waals surface area (Å²) in [5, 5.41) is 0.466. The molecule has 2 aromatic carbocycles. The molecule has 0 saturated carbocycles. The zero-order valence-corrected chi connectivity index (χ0v) is 16.3. The minimum absolute atomic E-state index is 0.0316. The highest BCUT2D eigenvalue weighted by Crippen LogP contribution is 2.42. The number of phosphoric acid groups is 1. The molecule has 2 N–H and O–H groups in total. The molecule has 0 aliphatic carbocycles. The summed E-state index contributed by atoms with van der Waals surface area (Å²) in [6.45, 7) is 0. The van der Waals surface area contributed by atoms with Crippen molar-refractivity contribution < 1.29 is 37.5 Å². The maximum Gasteiger partial charge on any atom is 0.524 e. The summed E-state index contributed by atoms with van der Waals surface area (Å²) in [4.78, 5) is 18.3. The number of ether oxygens (including phenoxy) is 3. The predicted octanol–water partition coefficient (Wildman–Crippen LogP) is 4.10. The van der Waals surface area contributed by atoms with Crippen molar-refractivity contribution in [3.63, 3.8) is 0 Å². The quantitative estimate of drug-likeness (QED) is 0.446. The number of hydrogen-bond donors (Lipinski definition) is 2. The van der Waals surface area contributed by atoms with Crippen LogP contribution < -0.4 is 18.7 Å². The molecule has 9 heteroatoms. The Hall–Kier alpha value is -2.93. The molecule has 0 fully saturated rings. The standard InChI is InChI=1S/C19H19O8P/c1-23-17-10-13(11-18(24-2)19(17)25-3)5-4-12-8-15-14(6-7-26-15)16(9-12)27-28(20,21)22/h4-11H,1-3H3,(H2,20,21,22)/b5-4-. The first-order chi connectivity index (χ1) is 13.3. The van der Waals surface area contributed by atoms with Crippen LogP contribution in [0.15, 0.2) is 41.0 Å². The number of methoxy groups -OCH3 is 3. The molecule has 3 aromatic rings. The molecule has 0 radical (unpaired) electrons. The van der Waals surface area contributed by atoms with E-state index in [0.29, 0.717) is 33.8 Å². The minimum Gasteiger partial charge on any atom is -0.493 e. The zero-order valence-electron chi connectivity index (χ0n) is 15.4. The topological polar surface area (TPSA) is 108 Å². The van der Waals surface area contributed by atoms with Gasteiger partial charge >= 0.3 is 7.82 Å². The Morgan fingerprint density at radius 2 is 1.46 bits per heavy atom. The Kier molecular flexibility index (Phi) is 5.65. The van der Waals surface area contributed by atoms with Crippen LogP contribution in [-0.4, -0.2) is 31.1 Å². The van der Waals surface area contributed by atoms with Gasteiger partial charge in [-0.25, -0.2) is 4.57 Å². The fourth-order valence-electron chi connectivity index (χ4n) is 2.75. The first-order valence-electron chi connectivity index (χ1n) is 8.09. The van der Waals surface area contributed by atoms with Gasteiger partial charge < -0.3 is 23.2 Å². The summed E-state index contributed by atoms with van der Waals surface area (Å²) >= 11 is 0. The van der Waals surface area contributed by atoms with Gasteiger partial charge in [-0.2, -0.15) is 0 Å². The number of rotatable bonds is 7. The molecule has 1 heterocycles. The lowest BCUT2D eigenvalue weighted by Crippen LogP contribution is -1.95. The minimum atomic E-state index is -4.71. The van der Waals surface area contributed by atoms with E-state index in [-0.39, 0.29) is 5.75 Å². The van der Waals surface area contributed by atoms with Crippen molar-refractivity contribution in [2.24, 2.45) is 0 Å². The third-order valence-corrected chi connectivity index (χ3v) is 4.36. The van der Waals surface area contributed by atoms with Crippen molar-refractivity contribution in [3.8, 4) is 23.0 Å². The molecule has 0 bridgehead atoms. The molecule has 0 unspecified atom stereocenters. The first-order valence-corrected chi connectivity index (χ1v) is 9.62. The summed E-state index contributed by atoms with van der Waals surface area (Å²) in [5.41, 5.74) is 1.83. The SMILES string of the molecule is COc1cc(/C=C\c2cc(OP(=O)(O)O)c3ccoc3c2)cc(OC)c1OC. The van der Waals surface area contributed by atoms with Gasteiger partial charge in [0.2, 0.25) is 5.75 Å². The van der Waals surface area contributed by atoms with Crippen LogP contribution in [-0.2, 0) is 4.57 Å². The molecule has 0 saturated heterocycles. The fourth-order valence-corrected chi connectivity index (χ4v) is 3.16. The third kappa shape index (κ3) is 4.31. The molecule has 0 aliphatic heterocycles. The van der Waals surface area contributed by atoms with E-state index in [4.69, 9.17) is 32.9 Å². The lowest BCUT2D eigenvalue weighted by Gasteiger charge is -2.13. The number of benzene rings is 2. The summed E-state index contributed by atoms with van der Waals surface area (Å²) in [6, 6.07) is 8.38. The number of hydrogen-bond acceptors (Lipinski definition) is 6. The van der Waals surface area contributed by atoms with E-state index in [1.54, 1.807) is 36.4 Å². The van der Waals surface area contributed by atoms with Crippen LogP contribution in [0.25, 0.3) is 23.1 Å². The van der Waals surface area contributed by atoms with Crippen LogP contribution in [0.4, 0.5) is 0 Å². The van der Waals surface area contributed by atoms with Crippen molar-refractivity contribution in [1.29, 1.82) is 0 Å². The van der Waals surface area contributed by atoms with E-state index in [1.165, 1.54) is 33.7 Å². The van der Waals surface area contributed by atoms with Gasteiger partial charge in [0, 0.05) is 0 Å². The second-order valence-corrected chi connectivity index (χ2v) is 6.89. The van der Waals surface area contributed by atoms with Gasteiger partial charge in [-0.1, -0.05) is 12.2 Å². The van der Waals surface area contributed by atoms with E-state index in [0.717, 1.165) is 5.56 Å². The van der Waals surface area contributed by atoms with Gasteiger partial charge in [-0.15, -0.1) is 0 Å². The van der Waals surface area contributed by atoms with Gasteiger partial charge in [0.05, 0.1) is 33.0 Å². The number of furan rings is 1. The molecular formula is C19H19O8P. The van der Waals surface area contributed by atoms with Crippen LogP contribution in [0.5, 0.6) is 23.0 Å². The summed E-state index contributed by atoms with van der Waals surface area (Å²) in [6.07, 6.45) is 4.95. The normalized spacial score (nSPS) is 11.8. The number of fused-ring (bicyclic) bond motifs is 1. The Morgan fingerprint density at radius 3 is 2.00 bits per heavy atom. The van der Waals surface area contributed by atoms with Gasteiger partial charge in [0.1, 0.15) is 11.3 Å². The van der Waals surface area contributed by atoms with Gasteiger partial charge in [0.25, 0.3) is 0 Å². The van der Waals surface area contributed by atoms with Crippen LogP contribution in [0.1, 0.15) is 11.1 Å². The zero-order chi connectivity index (χ0) is 20.3. The molecule has 3 rings (SSSR count). The third-order valence-electron chi connectivity index (χ3n) is 3.93. The Labute approximate surface area is 161 Å². The van der Waals surface area contributed by atoms with E-state index in [9.17, 15) is 4.57 Å². The summed E-state index contributed by atoms with van der Waals surface area (Å²) in [7, 11) is -0.125. The van der Waals surface area contributed by atoms with E-state index >= 15 is 0 Å². The highest BCUT2D eigenvalue weighted by Gasteiger charge is 2.19. The number of phosphoric ester groups is 1. The maximum atomic E-state index is 11.2. The van der Waals surface area contributed by atoms with Gasteiger partial charge in [-0.05, 0) is 41.5 Å². The summed E-state index contributed by atoms with van der Waals surface area (Å²) < 4.78 is 37.3. The molecule has 0 aliphatic rings. The van der Waals surface area contributed by atoms with E-state index < -0.39 is 7.82 Å². The monoisotopic (exact) mass is 406 g/mol. The van der Waals surface area contributed by atoms with Crippen LogP contribution >= 0.6 is 7.82 Å². The molecule has 0 spiro atoms. The van der Waals surface area contributed by atoms with Crippen LogP contribution in [0.2, 0.25) is 0 Å². The Balaban J connectivity index is 2.00. The molecule has 8 nitrogen and oxygen atoms in total. The van der Waals surface area contributed by atoms with Crippen molar-refractivity contribution in [2.45, 2.75) is 0 Å². The van der Waals surface area contributed by atoms with Crippen molar-refractivity contribution in [3.05, 3.63) is 47.7 Å². The summed E-state index contributed by atoms with van der Waals surface area (Å²) in [5.74, 6) is 1.53. The molecule has 0 atom stereocenters. The van der Waals surface area contributed by atoms with Crippen LogP contribution in [0.3, 0.4) is 0 Å². The lowest BCUT2D eigenvalue weighted by molar-refractivity contribution is 0.284. The average Bonchev–Trinajstić information content (AvgIpc) is 3.13. The predicted molar refractivity (Wildman–Crippen MR) is 104 cm³/mol. The van der Waals surface area contributed by atoms with Gasteiger partial charge in [-0.3, -0.25) is 9.79 Å². The lowest BCUT2D eigenvalue weighted by atomic mass is 10.1. The Bertz CT molecular complexity index is 1040. The Morgan fingerprint density at radius 1 is 0.893 bits per heavy atom. The molecule has 1 aromatic heterocycles. The molecule has 0 amide bonds. The highest BCUT2D eigenvalue weighted by molar-refractivity contribution is 7.46. The second-order valence-electron chi connectivity index (χ2n) is 5.73. The van der Waals surface area contributed by atoms with Crippen molar-refractivity contribution in [2.75, 3.05) is 21.3 Å². The fraction of sp³-hybridized carbons (Fsp3) is 0.158. The van der Waals surface area contributed by atoms with E-state index in [1.807, 2.05) is 0 Å². The first kappa shape index (κ1) is 19.8. The molecular weight excluding hydrogens is 387 g/mol. The highest BCUT2D eigenvalue weighted by atomic mass is 31.2. The second kappa shape index (κ2) is 7.98. The van der Waals surface area contributed by atoms with Gasteiger partial charge in [0.15, 0.2) is 11.5 Å². The molecule has 148 valence electrons. The van der Waals surface area contributed by atoms with E-state index in [2.05, 4.69) is 0 Å². The molecule has 28 heavy (non-hydrogen) atoms. The van der Waals surface area contributed by atoms with Crippen LogP contribution in [0, 0.1) is 0 Å². The average molecular weight is 406 g/mol. The smallest absolute Gasteiger partial charge is 0.493 e. The largest absolute Gasteiger partial charge is 0.524 e.